The summed E-state index contributed by atoms with van der Waals surface area (Å²) < 4.78 is 11.1. The molecule has 1 amide bonds. The summed E-state index contributed by atoms with van der Waals surface area (Å²) >= 11 is 0. The average Bonchev–Trinajstić information content (AvgIpc) is 3.16. The first-order chi connectivity index (χ1) is 25.7. The Bertz CT molecular complexity index is 836. The Morgan fingerprint density at radius 2 is 0.981 bits per heavy atom. The van der Waals surface area contributed by atoms with Crippen LogP contribution in [0.5, 0.6) is 0 Å². The van der Waals surface area contributed by atoms with Gasteiger partial charge in [-0.15, -0.1) is 0 Å². The summed E-state index contributed by atoms with van der Waals surface area (Å²) in [6, 6.07) is -1.16. The van der Waals surface area contributed by atoms with Crippen molar-refractivity contribution in [3.63, 3.8) is 0 Å². The Hall–Kier alpha value is -0.890. The minimum Gasteiger partial charge on any atom is -0.394 e. The van der Waals surface area contributed by atoms with Gasteiger partial charge in [0.2, 0.25) is 5.91 Å². The van der Waals surface area contributed by atoms with Crippen LogP contribution in [0.3, 0.4) is 0 Å². The molecule has 316 valence electrons. The summed E-state index contributed by atoms with van der Waals surface area (Å²) in [4.78, 5) is 13.0. The first kappa shape index (κ1) is 50.1. The Balaban J connectivity index is 2.46. The number of unbranched alkanes of at least 4 members (excludes halogenated alkanes) is 24. The summed E-state index contributed by atoms with van der Waals surface area (Å²) in [5, 5.41) is 75.4. The zero-order valence-electron chi connectivity index (χ0n) is 33.8. The third kappa shape index (κ3) is 23.7. The third-order valence-electron chi connectivity index (χ3n) is 10.9. The Morgan fingerprint density at radius 3 is 1.40 bits per heavy atom. The van der Waals surface area contributed by atoms with E-state index in [1.807, 2.05) is 0 Å². The maximum Gasteiger partial charge on any atom is 0.249 e. The van der Waals surface area contributed by atoms with E-state index in [0.717, 1.165) is 38.5 Å². The van der Waals surface area contributed by atoms with Crippen LogP contribution in [0.4, 0.5) is 0 Å². The fraction of sp³-hybridized carbons (Fsp3) is 0.976. The van der Waals surface area contributed by atoms with Gasteiger partial charge in [0.1, 0.15) is 36.6 Å². The molecule has 1 aliphatic heterocycles. The number of nitrogens with one attached hydrogen (secondary N) is 1. The molecule has 0 aromatic heterocycles. The number of carbonyl (C=O) groups is 1. The topological polar surface area (TPSA) is 189 Å². The van der Waals surface area contributed by atoms with Gasteiger partial charge in [0.15, 0.2) is 6.29 Å². The van der Waals surface area contributed by atoms with Crippen molar-refractivity contribution in [1.82, 2.24) is 5.32 Å². The molecule has 0 saturated carbocycles. The van der Waals surface area contributed by atoms with Gasteiger partial charge in [-0.25, -0.2) is 0 Å². The van der Waals surface area contributed by atoms with Crippen LogP contribution < -0.4 is 5.32 Å². The molecule has 0 aromatic carbocycles. The van der Waals surface area contributed by atoms with Gasteiger partial charge in [-0.05, 0) is 12.8 Å². The molecule has 11 heteroatoms. The highest BCUT2D eigenvalue weighted by atomic mass is 16.7. The first-order valence-corrected chi connectivity index (χ1v) is 21.9. The van der Waals surface area contributed by atoms with E-state index in [1.165, 1.54) is 116 Å². The highest BCUT2D eigenvalue weighted by Gasteiger charge is 2.44. The van der Waals surface area contributed by atoms with E-state index >= 15 is 0 Å². The van der Waals surface area contributed by atoms with Gasteiger partial charge in [0, 0.05) is 0 Å². The summed E-state index contributed by atoms with van der Waals surface area (Å²) in [6.45, 7) is 3.41. The van der Waals surface area contributed by atoms with Crippen molar-refractivity contribution in [2.45, 2.75) is 249 Å². The monoisotopic (exact) mass is 762 g/mol. The molecule has 0 radical (unpaired) electrons. The van der Waals surface area contributed by atoms with Crippen molar-refractivity contribution < 1.29 is 50.0 Å². The van der Waals surface area contributed by atoms with E-state index in [9.17, 15) is 40.5 Å². The highest BCUT2D eigenvalue weighted by molar-refractivity contribution is 5.80. The molecule has 9 atom stereocenters. The quantitative estimate of drug-likeness (QED) is 0.0335. The van der Waals surface area contributed by atoms with E-state index in [2.05, 4.69) is 19.2 Å². The molecule has 0 bridgehead atoms. The van der Waals surface area contributed by atoms with Crippen molar-refractivity contribution in [2.24, 2.45) is 0 Å². The minimum atomic E-state index is -1.65. The number of hydrogen-bond acceptors (Lipinski definition) is 10. The molecule has 0 aromatic rings. The molecule has 1 fully saturated rings. The zero-order chi connectivity index (χ0) is 39.1. The average molecular weight is 762 g/mol. The lowest BCUT2D eigenvalue weighted by Gasteiger charge is -2.40. The molecule has 11 nitrogen and oxygen atoms in total. The number of amides is 1. The molecular formula is C42H83NO10. The molecule has 1 heterocycles. The number of aliphatic hydroxyl groups excluding tert-OH is 7. The Kier molecular flexibility index (Phi) is 31.5. The lowest BCUT2D eigenvalue weighted by Crippen LogP contribution is -2.60. The predicted octanol–water partition coefficient (Wildman–Crippen LogP) is 6.33. The Morgan fingerprint density at radius 1 is 0.585 bits per heavy atom. The fourth-order valence-corrected chi connectivity index (χ4v) is 7.20. The van der Waals surface area contributed by atoms with E-state index in [1.54, 1.807) is 0 Å². The number of ether oxygens (including phenoxy) is 2. The summed E-state index contributed by atoms with van der Waals surface area (Å²) in [5.74, 6) is -0.696. The SMILES string of the molecule is CCCCCCCCCCCCCCCCCCC(O)C(=O)NC(COC1OC(CO)C(O)C(O)C1O)C(O)C(O)CCCCCCCCCCCC. The molecule has 1 aliphatic rings. The maximum atomic E-state index is 13.0. The van der Waals surface area contributed by atoms with Gasteiger partial charge >= 0.3 is 0 Å². The van der Waals surface area contributed by atoms with Crippen LogP contribution in [0, 0.1) is 0 Å². The predicted molar refractivity (Wildman–Crippen MR) is 210 cm³/mol. The molecule has 9 unspecified atom stereocenters. The number of rotatable bonds is 36. The van der Waals surface area contributed by atoms with Gasteiger partial charge in [-0.2, -0.15) is 0 Å². The fourth-order valence-electron chi connectivity index (χ4n) is 7.20. The summed E-state index contributed by atoms with van der Waals surface area (Å²) in [6.07, 6.45) is 20.1. The zero-order valence-corrected chi connectivity index (χ0v) is 33.8. The van der Waals surface area contributed by atoms with Crippen LogP contribution in [0.25, 0.3) is 0 Å². The highest BCUT2D eigenvalue weighted by Crippen LogP contribution is 2.23. The summed E-state index contributed by atoms with van der Waals surface area (Å²) in [7, 11) is 0. The van der Waals surface area contributed by atoms with E-state index in [-0.39, 0.29) is 6.42 Å². The molecule has 0 spiro atoms. The number of carbonyl (C=O) groups excluding carboxylic acids is 1. The van der Waals surface area contributed by atoms with Crippen molar-refractivity contribution in [1.29, 1.82) is 0 Å². The minimum absolute atomic E-state index is 0.266. The second kappa shape index (κ2) is 33.3. The van der Waals surface area contributed by atoms with Crippen LogP contribution >= 0.6 is 0 Å². The van der Waals surface area contributed by atoms with Crippen LogP contribution in [-0.2, 0) is 14.3 Å². The van der Waals surface area contributed by atoms with Gasteiger partial charge in [0.25, 0.3) is 0 Å². The Labute approximate surface area is 322 Å². The standard InChI is InChI=1S/C42H83NO10/c1-3-5-7-9-11-13-15-16-17-18-19-20-22-24-26-28-30-35(46)41(51)43-33(32-52-42-40(50)39(49)38(48)36(31-44)53-42)37(47)34(45)29-27-25-23-21-14-12-10-8-6-4-2/h33-40,42,44-50H,3-32H2,1-2H3,(H,43,51). The molecule has 0 aliphatic carbocycles. The van der Waals surface area contributed by atoms with Crippen molar-refractivity contribution >= 4 is 5.91 Å². The van der Waals surface area contributed by atoms with Gasteiger partial charge in [-0.3, -0.25) is 4.79 Å². The molecular weight excluding hydrogens is 678 g/mol. The van der Waals surface area contributed by atoms with Crippen molar-refractivity contribution in [3.8, 4) is 0 Å². The van der Waals surface area contributed by atoms with Crippen LogP contribution in [0.15, 0.2) is 0 Å². The smallest absolute Gasteiger partial charge is 0.249 e. The number of aliphatic hydroxyl groups is 7. The van der Waals surface area contributed by atoms with Gasteiger partial charge in [-0.1, -0.05) is 181 Å². The second-order valence-electron chi connectivity index (χ2n) is 15.8. The second-order valence-corrected chi connectivity index (χ2v) is 15.8. The van der Waals surface area contributed by atoms with Crippen LogP contribution in [0.2, 0.25) is 0 Å². The first-order valence-electron chi connectivity index (χ1n) is 21.9. The van der Waals surface area contributed by atoms with E-state index < -0.39 is 74.2 Å². The van der Waals surface area contributed by atoms with Crippen molar-refractivity contribution in [2.75, 3.05) is 13.2 Å². The lowest BCUT2D eigenvalue weighted by molar-refractivity contribution is -0.303. The van der Waals surface area contributed by atoms with Crippen LogP contribution in [-0.4, -0.2) is 110 Å². The largest absolute Gasteiger partial charge is 0.394 e. The number of hydrogen-bond donors (Lipinski definition) is 8. The van der Waals surface area contributed by atoms with Crippen molar-refractivity contribution in [3.05, 3.63) is 0 Å². The van der Waals surface area contributed by atoms with Gasteiger partial charge in [0.05, 0.1) is 25.4 Å². The molecule has 1 saturated heterocycles. The molecule has 53 heavy (non-hydrogen) atoms. The van der Waals surface area contributed by atoms with E-state index in [0.29, 0.717) is 19.3 Å². The third-order valence-corrected chi connectivity index (χ3v) is 10.9. The summed E-state index contributed by atoms with van der Waals surface area (Å²) in [5.41, 5.74) is 0. The molecule has 8 N–H and O–H groups in total. The maximum absolute atomic E-state index is 13.0. The van der Waals surface area contributed by atoms with Gasteiger partial charge < -0.3 is 50.5 Å². The normalized spacial score (nSPS) is 22.8. The van der Waals surface area contributed by atoms with E-state index in [4.69, 9.17) is 9.47 Å². The lowest BCUT2D eigenvalue weighted by atomic mass is 9.98. The van der Waals surface area contributed by atoms with Crippen LogP contribution in [0.1, 0.15) is 194 Å². The molecule has 1 rings (SSSR count).